The summed E-state index contributed by atoms with van der Waals surface area (Å²) in [6.45, 7) is 8.64. The van der Waals surface area contributed by atoms with Crippen molar-refractivity contribution in [2.24, 2.45) is 5.41 Å². The normalized spacial score (nSPS) is 17.1. The van der Waals surface area contributed by atoms with E-state index >= 15 is 0 Å². The summed E-state index contributed by atoms with van der Waals surface area (Å²) in [5, 5.41) is 0. The molecule has 1 saturated heterocycles. The fourth-order valence-electron chi connectivity index (χ4n) is 4.91. The number of carbonyl (C=O) groups excluding carboxylic acids is 2. The van der Waals surface area contributed by atoms with E-state index in [1.54, 1.807) is 41.3 Å². The van der Waals surface area contributed by atoms with E-state index in [4.69, 9.17) is 0 Å². The second-order valence-corrected chi connectivity index (χ2v) is 13.4. The van der Waals surface area contributed by atoms with Gasteiger partial charge in [-0.2, -0.15) is 4.31 Å². The number of benzene rings is 2. The first-order chi connectivity index (χ1) is 17.9. The van der Waals surface area contributed by atoms with E-state index < -0.39 is 15.4 Å². The van der Waals surface area contributed by atoms with Crippen molar-refractivity contribution in [3.8, 4) is 0 Å². The Balaban J connectivity index is 1.55. The van der Waals surface area contributed by atoms with Gasteiger partial charge < -0.3 is 9.80 Å². The van der Waals surface area contributed by atoms with Gasteiger partial charge in [0.2, 0.25) is 21.8 Å². The van der Waals surface area contributed by atoms with Crippen molar-refractivity contribution >= 4 is 21.8 Å². The Bertz CT molecular complexity index is 1240. The van der Waals surface area contributed by atoms with Gasteiger partial charge in [-0.25, -0.2) is 12.8 Å². The number of aryl methyl sites for hydroxylation is 1. The molecule has 4 rings (SSSR count). The van der Waals surface area contributed by atoms with Crippen molar-refractivity contribution in [3.05, 3.63) is 65.5 Å². The molecule has 206 valence electrons. The number of hydrogen-bond donors (Lipinski definition) is 0. The highest BCUT2D eigenvalue weighted by molar-refractivity contribution is 7.89. The van der Waals surface area contributed by atoms with E-state index in [0.717, 1.165) is 24.0 Å². The third kappa shape index (κ3) is 6.61. The Morgan fingerprint density at radius 1 is 0.921 bits per heavy atom. The van der Waals surface area contributed by atoms with Gasteiger partial charge in [-0.15, -0.1) is 0 Å². The lowest BCUT2D eigenvalue weighted by atomic mass is 9.92. The van der Waals surface area contributed by atoms with E-state index in [2.05, 4.69) is 0 Å². The Morgan fingerprint density at radius 3 is 2.03 bits per heavy atom. The topological polar surface area (TPSA) is 78.0 Å². The van der Waals surface area contributed by atoms with Crippen molar-refractivity contribution in [2.45, 2.75) is 76.9 Å². The number of sulfonamides is 1. The van der Waals surface area contributed by atoms with Crippen LogP contribution in [0, 0.1) is 18.2 Å². The number of likely N-dealkylation sites (tertiary alicyclic amines) is 1. The minimum atomic E-state index is -3.85. The number of halogens is 1. The van der Waals surface area contributed by atoms with Crippen LogP contribution in [0.1, 0.15) is 57.6 Å². The predicted molar refractivity (Wildman–Crippen MR) is 144 cm³/mol. The lowest BCUT2D eigenvalue weighted by Gasteiger charge is -2.41. The summed E-state index contributed by atoms with van der Waals surface area (Å²) in [7, 11) is -3.85. The molecule has 0 atom stereocenters. The number of nitrogens with zero attached hydrogens (tertiary/aromatic N) is 3. The molecule has 2 aromatic carbocycles. The molecule has 2 amide bonds. The zero-order chi connectivity index (χ0) is 27.7. The van der Waals surface area contributed by atoms with Crippen molar-refractivity contribution < 1.29 is 22.4 Å². The third-order valence-corrected chi connectivity index (χ3v) is 9.21. The van der Waals surface area contributed by atoms with Crippen LogP contribution in [0.25, 0.3) is 0 Å². The monoisotopic (exact) mass is 543 g/mol. The minimum absolute atomic E-state index is 0.0801. The molecule has 0 radical (unpaired) electrons. The molecule has 2 fully saturated rings. The van der Waals surface area contributed by atoms with Crippen molar-refractivity contribution in [1.29, 1.82) is 0 Å². The molecule has 1 aliphatic heterocycles. The highest BCUT2D eigenvalue weighted by Gasteiger charge is 2.41. The van der Waals surface area contributed by atoms with Crippen LogP contribution in [-0.4, -0.2) is 66.1 Å². The Labute approximate surface area is 225 Å². The van der Waals surface area contributed by atoms with Gasteiger partial charge in [-0.1, -0.05) is 50.6 Å². The lowest BCUT2D eigenvalue weighted by molar-refractivity contribution is -0.142. The smallest absolute Gasteiger partial charge is 0.243 e. The first-order valence-corrected chi connectivity index (χ1v) is 14.7. The van der Waals surface area contributed by atoms with Crippen molar-refractivity contribution in [1.82, 2.24) is 14.1 Å². The molecule has 2 aliphatic rings. The number of piperidine rings is 1. The number of carbonyl (C=O) groups is 2. The van der Waals surface area contributed by atoms with Crippen molar-refractivity contribution in [2.75, 3.05) is 19.6 Å². The Kier molecular flexibility index (Phi) is 8.28. The molecule has 0 spiro atoms. The SMILES string of the molecule is Cc1ccc(S(=O)(=O)N(CC(=O)N(Cc2ccc(F)cc2)C2CCN(C(=O)C(C)(C)C)CC2)C2CC2)cc1. The molecule has 1 heterocycles. The summed E-state index contributed by atoms with van der Waals surface area (Å²) >= 11 is 0. The molecular weight excluding hydrogens is 505 g/mol. The Hall–Kier alpha value is -2.78. The van der Waals surface area contributed by atoms with E-state index in [0.29, 0.717) is 25.9 Å². The molecule has 9 heteroatoms. The summed E-state index contributed by atoms with van der Waals surface area (Å²) in [6.07, 6.45) is 2.65. The van der Waals surface area contributed by atoms with Crippen LogP contribution < -0.4 is 0 Å². The molecule has 1 saturated carbocycles. The fourth-order valence-corrected chi connectivity index (χ4v) is 6.54. The first kappa shape index (κ1) is 28.2. The molecule has 2 aromatic rings. The number of rotatable bonds is 8. The van der Waals surface area contributed by atoms with Crippen molar-refractivity contribution in [3.63, 3.8) is 0 Å². The van der Waals surface area contributed by atoms with Crippen LogP contribution in [-0.2, 0) is 26.2 Å². The maximum atomic E-state index is 13.8. The summed E-state index contributed by atoms with van der Waals surface area (Å²) in [6, 6.07) is 12.4. The zero-order valence-corrected chi connectivity index (χ0v) is 23.5. The van der Waals surface area contributed by atoms with Gasteiger partial charge in [0.1, 0.15) is 5.82 Å². The summed E-state index contributed by atoms with van der Waals surface area (Å²) < 4.78 is 42.0. The van der Waals surface area contributed by atoms with Gasteiger partial charge in [-0.05, 0) is 62.4 Å². The van der Waals surface area contributed by atoms with Gasteiger partial charge in [-0.3, -0.25) is 9.59 Å². The van der Waals surface area contributed by atoms with Crippen LogP contribution in [0.2, 0.25) is 0 Å². The van der Waals surface area contributed by atoms with Gasteiger partial charge in [0.05, 0.1) is 11.4 Å². The Morgan fingerprint density at radius 2 is 1.50 bits per heavy atom. The molecule has 0 N–H and O–H groups in total. The second-order valence-electron chi connectivity index (χ2n) is 11.5. The summed E-state index contributed by atoms with van der Waals surface area (Å²) in [4.78, 5) is 30.4. The van der Waals surface area contributed by atoms with E-state index in [-0.39, 0.29) is 47.7 Å². The third-order valence-electron chi connectivity index (χ3n) is 7.29. The maximum absolute atomic E-state index is 13.8. The molecular formula is C29H38FN3O4S. The van der Waals surface area contributed by atoms with Crippen LogP contribution in [0.3, 0.4) is 0 Å². The van der Waals surface area contributed by atoms with Crippen LogP contribution in [0.15, 0.2) is 53.4 Å². The largest absolute Gasteiger partial charge is 0.342 e. The number of amides is 2. The molecule has 0 unspecified atom stereocenters. The quantitative estimate of drug-likeness (QED) is 0.496. The van der Waals surface area contributed by atoms with E-state index in [9.17, 15) is 22.4 Å². The van der Waals surface area contributed by atoms with Gasteiger partial charge >= 0.3 is 0 Å². The van der Waals surface area contributed by atoms with Crippen LogP contribution in [0.5, 0.6) is 0 Å². The average molecular weight is 544 g/mol. The minimum Gasteiger partial charge on any atom is -0.342 e. The molecule has 1 aliphatic carbocycles. The highest BCUT2D eigenvalue weighted by Crippen LogP contribution is 2.33. The lowest BCUT2D eigenvalue weighted by Crippen LogP contribution is -2.52. The first-order valence-electron chi connectivity index (χ1n) is 13.3. The second kappa shape index (κ2) is 11.1. The van der Waals surface area contributed by atoms with Crippen LogP contribution >= 0.6 is 0 Å². The standard InChI is InChI=1S/C29H38FN3O4S/c1-21-5-13-26(14-6-21)38(36,37)33(25-11-12-25)20-27(34)32(19-22-7-9-23(30)10-8-22)24-15-17-31(18-16-24)28(35)29(2,3)4/h5-10,13-14,24-25H,11-12,15-20H2,1-4H3. The van der Waals surface area contributed by atoms with E-state index in [1.165, 1.54) is 16.4 Å². The van der Waals surface area contributed by atoms with Gasteiger partial charge in [0.15, 0.2) is 0 Å². The van der Waals surface area contributed by atoms with Gasteiger partial charge in [0, 0.05) is 37.1 Å². The fraction of sp³-hybridized carbons (Fsp3) is 0.517. The molecule has 0 aromatic heterocycles. The average Bonchev–Trinajstić information content (AvgIpc) is 3.71. The summed E-state index contributed by atoms with van der Waals surface area (Å²) in [5.41, 5.74) is 1.25. The van der Waals surface area contributed by atoms with Gasteiger partial charge in [0.25, 0.3) is 0 Å². The van der Waals surface area contributed by atoms with Crippen LogP contribution in [0.4, 0.5) is 4.39 Å². The number of hydrogen-bond acceptors (Lipinski definition) is 4. The molecule has 7 nitrogen and oxygen atoms in total. The summed E-state index contributed by atoms with van der Waals surface area (Å²) in [5.74, 6) is -0.557. The predicted octanol–water partition coefficient (Wildman–Crippen LogP) is 4.35. The molecule has 38 heavy (non-hydrogen) atoms. The maximum Gasteiger partial charge on any atom is 0.243 e. The molecule has 0 bridgehead atoms. The zero-order valence-electron chi connectivity index (χ0n) is 22.7. The van der Waals surface area contributed by atoms with E-state index in [1.807, 2.05) is 32.6 Å². The highest BCUT2D eigenvalue weighted by atomic mass is 32.2.